The van der Waals surface area contributed by atoms with Crippen molar-refractivity contribution in [2.24, 2.45) is 0 Å². The lowest BCUT2D eigenvalue weighted by Gasteiger charge is -2.02. The molecule has 0 aromatic carbocycles. The molecule has 0 unspecified atom stereocenters. The van der Waals surface area contributed by atoms with Gasteiger partial charge in [-0.05, 0) is 6.07 Å². The average molecular weight is 219 g/mol. The van der Waals surface area contributed by atoms with E-state index in [2.05, 4.69) is 20.5 Å². The molecule has 7 nitrogen and oxygen atoms in total. The van der Waals surface area contributed by atoms with E-state index < -0.39 is 4.92 Å². The third kappa shape index (κ3) is 2.32. The Morgan fingerprint density at radius 3 is 3.00 bits per heavy atom. The van der Waals surface area contributed by atoms with Gasteiger partial charge in [-0.2, -0.15) is 5.10 Å². The second kappa shape index (κ2) is 4.39. The summed E-state index contributed by atoms with van der Waals surface area (Å²) < 4.78 is 0. The molecule has 0 bridgehead atoms. The van der Waals surface area contributed by atoms with Crippen molar-refractivity contribution in [3.05, 3.63) is 46.4 Å². The number of rotatable bonds is 4. The zero-order chi connectivity index (χ0) is 11.4. The van der Waals surface area contributed by atoms with E-state index in [0.29, 0.717) is 12.4 Å². The van der Waals surface area contributed by atoms with Gasteiger partial charge in [0, 0.05) is 18.5 Å². The Morgan fingerprint density at radius 1 is 1.44 bits per heavy atom. The fourth-order valence-corrected chi connectivity index (χ4v) is 1.20. The fourth-order valence-electron chi connectivity index (χ4n) is 1.20. The summed E-state index contributed by atoms with van der Waals surface area (Å²) in [6, 6.07) is 4.54. The molecule has 0 radical (unpaired) electrons. The van der Waals surface area contributed by atoms with Crippen LogP contribution in [0.2, 0.25) is 0 Å². The van der Waals surface area contributed by atoms with E-state index >= 15 is 0 Å². The van der Waals surface area contributed by atoms with Gasteiger partial charge in [-0.1, -0.05) is 0 Å². The number of aromatic amines is 1. The van der Waals surface area contributed by atoms with E-state index in [1.807, 2.05) is 6.07 Å². The minimum atomic E-state index is -0.455. The molecule has 0 saturated carbocycles. The van der Waals surface area contributed by atoms with Crippen LogP contribution in [-0.4, -0.2) is 20.1 Å². The van der Waals surface area contributed by atoms with Crippen molar-refractivity contribution in [3.8, 4) is 0 Å². The maximum absolute atomic E-state index is 10.5. The number of nitro groups is 1. The maximum atomic E-state index is 10.5. The van der Waals surface area contributed by atoms with Crippen molar-refractivity contribution in [3.63, 3.8) is 0 Å². The molecule has 2 aromatic rings. The van der Waals surface area contributed by atoms with Gasteiger partial charge in [-0.15, -0.1) is 0 Å². The van der Waals surface area contributed by atoms with Crippen LogP contribution in [0.3, 0.4) is 0 Å². The van der Waals surface area contributed by atoms with Crippen molar-refractivity contribution < 1.29 is 4.92 Å². The van der Waals surface area contributed by atoms with Crippen LogP contribution in [0.1, 0.15) is 5.69 Å². The summed E-state index contributed by atoms with van der Waals surface area (Å²) >= 11 is 0. The summed E-state index contributed by atoms with van der Waals surface area (Å²) in [7, 11) is 0. The van der Waals surface area contributed by atoms with Gasteiger partial charge in [0.2, 0.25) is 0 Å². The smallest absolute Gasteiger partial charge is 0.274 e. The van der Waals surface area contributed by atoms with Crippen LogP contribution >= 0.6 is 0 Å². The minimum absolute atomic E-state index is 0.0158. The molecule has 0 fully saturated rings. The molecule has 0 atom stereocenters. The highest BCUT2D eigenvalue weighted by Crippen LogP contribution is 2.14. The molecule has 0 aliphatic rings. The molecule has 0 aliphatic carbocycles. The molecule has 0 spiro atoms. The normalized spacial score (nSPS) is 10.0. The number of hydrogen-bond acceptors (Lipinski definition) is 5. The van der Waals surface area contributed by atoms with Crippen molar-refractivity contribution in [2.45, 2.75) is 6.54 Å². The van der Waals surface area contributed by atoms with Gasteiger partial charge in [-0.3, -0.25) is 15.2 Å². The summed E-state index contributed by atoms with van der Waals surface area (Å²) in [4.78, 5) is 14.0. The SMILES string of the molecule is O=[N+]([O-])c1ccnc(NCc2ccn[nH]2)c1. The van der Waals surface area contributed by atoms with Crippen LogP contribution in [0, 0.1) is 10.1 Å². The van der Waals surface area contributed by atoms with Crippen molar-refractivity contribution >= 4 is 11.5 Å². The third-order valence-corrected chi connectivity index (χ3v) is 1.97. The average Bonchev–Trinajstić information content (AvgIpc) is 2.79. The van der Waals surface area contributed by atoms with Gasteiger partial charge >= 0.3 is 0 Å². The van der Waals surface area contributed by atoms with Gasteiger partial charge in [0.15, 0.2) is 0 Å². The number of pyridine rings is 1. The maximum Gasteiger partial charge on any atom is 0.274 e. The summed E-state index contributed by atoms with van der Waals surface area (Å²) in [6.45, 7) is 0.494. The molecule has 0 aliphatic heterocycles. The van der Waals surface area contributed by atoms with E-state index in [0.717, 1.165) is 5.69 Å². The van der Waals surface area contributed by atoms with Gasteiger partial charge in [-0.25, -0.2) is 4.98 Å². The van der Waals surface area contributed by atoms with Crippen molar-refractivity contribution in [1.29, 1.82) is 0 Å². The first-order valence-electron chi connectivity index (χ1n) is 4.58. The predicted octanol–water partition coefficient (Wildman–Crippen LogP) is 1.32. The monoisotopic (exact) mass is 219 g/mol. The molecule has 2 heterocycles. The van der Waals surface area contributed by atoms with E-state index in [-0.39, 0.29) is 5.69 Å². The molecular weight excluding hydrogens is 210 g/mol. The van der Waals surface area contributed by atoms with Gasteiger partial charge in [0.25, 0.3) is 5.69 Å². The molecule has 2 rings (SSSR count). The van der Waals surface area contributed by atoms with Gasteiger partial charge in [0.05, 0.1) is 23.2 Å². The van der Waals surface area contributed by atoms with Crippen molar-refractivity contribution in [1.82, 2.24) is 15.2 Å². The number of anilines is 1. The Labute approximate surface area is 90.7 Å². The quantitative estimate of drug-likeness (QED) is 0.597. The van der Waals surface area contributed by atoms with Crippen LogP contribution in [-0.2, 0) is 6.54 Å². The first kappa shape index (κ1) is 10.1. The summed E-state index contributed by atoms with van der Waals surface area (Å²) in [6.07, 6.45) is 3.03. The van der Waals surface area contributed by atoms with E-state index in [9.17, 15) is 10.1 Å². The lowest BCUT2D eigenvalue weighted by Crippen LogP contribution is -2.02. The van der Waals surface area contributed by atoms with Crippen LogP contribution < -0.4 is 5.32 Å². The van der Waals surface area contributed by atoms with Crippen LogP contribution in [0.4, 0.5) is 11.5 Å². The van der Waals surface area contributed by atoms with Crippen LogP contribution in [0.25, 0.3) is 0 Å². The number of nitrogens with zero attached hydrogens (tertiary/aromatic N) is 3. The zero-order valence-corrected chi connectivity index (χ0v) is 8.25. The predicted molar refractivity (Wildman–Crippen MR) is 56.8 cm³/mol. The fraction of sp³-hybridized carbons (Fsp3) is 0.111. The molecule has 0 amide bonds. The molecule has 2 aromatic heterocycles. The standard InChI is InChI=1S/C9H9N5O2/c15-14(16)8-2-3-10-9(5-8)11-6-7-1-4-12-13-7/h1-5H,6H2,(H,10,11)(H,12,13). The Bertz CT molecular complexity index is 482. The van der Waals surface area contributed by atoms with E-state index in [4.69, 9.17) is 0 Å². The number of H-pyrrole nitrogens is 1. The van der Waals surface area contributed by atoms with Crippen LogP contribution in [0.5, 0.6) is 0 Å². The Kier molecular flexibility index (Phi) is 2.77. The summed E-state index contributed by atoms with van der Waals surface area (Å²) in [5.74, 6) is 0.462. The van der Waals surface area contributed by atoms with Crippen LogP contribution in [0.15, 0.2) is 30.6 Å². The number of nitrogens with one attached hydrogen (secondary N) is 2. The highest BCUT2D eigenvalue weighted by molar-refractivity contribution is 5.44. The minimum Gasteiger partial charge on any atom is -0.364 e. The topological polar surface area (TPSA) is 96.7 Å². The lowest BCUT2D eigenvalue weighted by molar-refractivity contribution is -0.384. The summed E-state index contributed by atoms with van der Waals surface area (Å²) in [5.41, 5.74) is 0.899. The Morgan fingerprint density at radius 2 is 2.31 bits per heavy atom. The summed E-state index contributed by atoms with van der Waals surface area (Å²) in [5, 5.41) is 20.0. The first-order valence-corrected chi connectivity index (χ1v) is 4.58. The lowest BCUT2D eigenvalue weighted by atomic mass is 10.4. The highest BCUT2D eigenvalue weighted by atomic mass is 16.6. The van der Waals surface area contributed by atoms with E-state index in [1.165, 1.54) is 18.3 Å². The molecule has 7 heteroatoms. The van der Waals surface area contributed by atoms with Gasteiger partial charge in [0.1, 0.15) is 5.82 Å². The molecule has 0 saturated heterocycles. The number of hydrogen-bond donors (Lipinski definition) is 2. The second-order valence-electron chi connectivity index (χ2n) is 3.09. The zero-order valence-electron chi connectivity index (χ0n) is 8.25. The number of aromatic nitrogens is 3. The highest BCUT2D eigenvalue weighted by Gasteiger charge is 2.06. The van der Waals surface area contributed by atoms with E-state index in [1.54, 1.807) is 6.20 Å². The van der Waals surface area contributed by atoms with Crippen molar-refractivity contribution in [2.75, 3.05) is 5.32 Å². The first-order chi connectivity index (χ1) is 7.75. The van der Waals surface area contributed by atoms with Gasteiger partial charge < -0.3 is 5.32 Å². The second-order valence-corrected chi connectivity index (χ2v) is 3.09. The Hall–Kier alpha value is -2.44. The molecule has 16 heavy (non-hydrogen) atoms. The molecule has 82 valence electrons. The molecule has 2 N–H and O–H groups in total. The third-order valence-electron chi connectivity index (χ3n) is 1.97. The largest absolute Gasteiger partial charge is 0.364 e. The Balaban J connectivity index is 2.04. The molecular formula is C9H9N5O2.